The van der Waals surface area contributed by atoms with Crippen LogP contribution in [-0.4, -0.2) is 32.4 Å². The molecule has 1 aliphatic heterocycles. The van der Waals surface area contributed by atoms with E-state index in [2.05, 4.69) is 5.32 Å². The van der Waals surface area contributed by atoms with Gasteiger partial charge in [0.15, 0.2) is 0 Å². The number of halogens is 1. The molecule has 1 saturated heterocycles. The van der Waals surface area contributed by atoms with Gasteiger partial charge in [-0.25, -0.2) is 8.42 Å². The van der Waals surface area contributed by atoms with Gasteiger partial charge in [0.05, 0.1) is 4.90 Å². The van der Waals surface area contributed by atoms with E-state index in [-0.39, 0.29) is 0 Å². The van der Waals surface area contributed by atoms with Crippen LogP contribution in [0.5, 0.6) is 0 Å². The Morgan fingerprint density at radius 1 is 1.25 bits per heavy atom. The van der Waals surface area contributed by atoms with Crippen molar-refractivity contribution >= 4 is 21.6 Å². The number of hydrogen-bond donors (Lipinski definition) is 1. The second-order valence-corrected chi connectivity index (χ2v) is 7.34. The number of nitrogens with one attached hydrogen (secondary N) is 1. The standard InChI is InChI=1S/C14H21ClN2O2S/c1-2-16-11-12-10-13(6-7-14(12)15)20(18,19)17-8-4-3-5-9-17/h6-7,10,16H,2-5,8-9,11H2,1H3. The number of hydrogen-bond acceptors (Lipinski definition) is 3. The van der Waals surface area contributed by atoms with Gasteiger partial charge in [0, 0.05) is 24.7 Å². The van der Waals surface area contributed by atoms with E-state index in [1.807, 2.05) is 6.92 Å². The monoisotopic (exact) mass is 316 g/mol. The van der Waals surface area contributed by atoms with Gasteiger partial charge in [-0.15, -0.1) is 0 Å². The Balaban J connectivity index is 2.26. The molecule has 0 atom stereocenters. The van der Waals surface area contributed by atoms with E-state index in [0.717, 1.165) is 31.4 Å². The molecule has 0 aromatic heterocycles. The van der Waals surface area contributed by atoms with Crippen molar-refractivity contribution in [3.63, 3.8) is 0 Å². The summed E-state index contributed by atoms with van der Waals surface area (Å²) in [6.07, 6.45) is 2.99. The third kappa shape index (κ3) is 3.52. The molecule has 0 saturated carbocycles. The second kappa shape index (κ2) is 6.89. The smallest absolute Gasteiger partial charge is 0.243 e. The van der Waals surface area contributed by atoms with Crippen LogP contribution in [0.4, 0.5) is 0 Å². The number of piperidine rings is 1. The molecule has 20 heavy (non-hydrogen) atoms. The summed E-state index contributed by atoms with van der Waals surface area (Å²) < 4.78 is 26.8. The minimum Gasteiger partial charge on any atom is -0.313 e. The van der Waals surface area contributed by atoms with E-state index >= 15 is 0 Å². The molecule has 0 bridgehead atoms. The third-order valence-electron chi connectivity index (χ3n) is 3.54. The second-order valence-electron chi connectivity index (χ2n) is 5.00. The van der Waals surface area contributed by atoms with Gasteiger partial charge in [-0.05, 0) is 43.1 Å². The molecule has 0 spiro atoms. The number of rotatable bonds is 5. The minimum absolute atomic E-state index is 0.344. The van der Waals surface area contributed by atoms with Gasteiger partial charge in [-0.2, -0.15) is 4.31 Å². The van der Waals surface area contributed by atoms with Crippen molar-refractivity contribution in [3.05, 3.63) is 28.8 Å². The lowest BCUT2D eigenvalue weighted by atomic mass is 10.2. The Morgan fingerprint density at radius 2 is 1.95 bits per heavy atom. The zero-order valence-corrected chi connectivity index (χ0v) is 13.3. The highest BCUT2D eigenvalue weighted by molar-refractivity contribution is 7.89. The summed E-state index contributed by atoms with van der Waals surface area (Å²) >= 11 is 6.12. The lowest BCUT2D eigenvalue weighted by molar-refractivity contribution is 0.346. The third-order valence-corrected chi connectivity index (χ3v) is 5.80. The SMILES string of the molecule is CCNCc1cc(S(=O)(=O)N2CCCCC2)ccc1Cl. The maximum Gasteiger partial charge on any atom is 0.243 e. The summed E-state index contributed by atoms with van der Waals surface area (Å²) in [5, 5.41) is 3.77. The molecule has 0 radical (unpaired) electrons. The summed E-state index contributed by atoms with van der Waals surface area (Å²) in [6.45, 7) is 4.64. The highest BCUT2D eigenvalue weighted by Crippen LogP contribution is 2.25. The Morgan fingerprint density at radius 3 is 2.60 bits per heavy atom. The van der Waals surface area contributed by atoms with Crippen molar-refractivity contribution in [2.45, 2.75) is 37.6 Å². The molecule has 1 N–H and O–H groups in total. The number of benzene rings is 1. The fraction of sp³-hybridized carbons (Fsp3) is 0.571. The number of nitrogens with zero attached hydrogens (tertiary/aromatic N) is 1. The van der Waals surface area contributed by atoms with Crippen molar-refractivity contribution in [1.82, 2.24) is 9.62 Å². The van der Waals surface area contributed by atoms with Crippen LogP contribution in [0.15, 0.2) is 23.1 Å². The molecule has 1 fully saturated rings. The summed E-state index contributed by atoms with van der Waals surface area (Å²) in [6, 6.07) is 4.96. The Kier molecular flexibility index (Phi) is 5.43. The Labute approximate surface area is 126 Å². The fourth-order valence-electron chi connectivity index (χ4n) is 2.36. The van der Waals surface area contributed by atoms with Crippen LogP contribution in [0.2, 0.25) is 5.02 Å². The largest absolute Gasteiger partial charge is 0.313 e. The topological polar surface area (TPSA) is 49.4 Å². The van der Waals surface area contributed by atoms with Gasteiger partial charge in [-0.3, -0.25) is 0 Å². The van der Waals surface area contributed by atoms with Crippen LogP contribution in [-0.2, 0) is 16.6 Å². The molecule has 0 unspecified atom stereocenters. The van der Waals surface area contributed by atoms with Gasteiger partial charge >= 0.3 is 0 Å². The van der Waals surface area contributed by atoms with E-state index in [1.165, 1.54) is 0 Å². The van der Waals surface area contributed by atoms with E-state index in [1.54, 1.807) is 22.5 Å². The molecule has 2 rings (SSSR count). The molecule has 0 aliphatic carbocycles. The Hall–Kier alpha value is -0.620. The van der Waals surface area contributed by atoms with E-state index in [9.17, 15) is 8.42 Å². The van der Waals surface area contributed by atoms with Gasteiger partial charge < -0.3 is 5.32 Å². The van der Waals surface area contributed by atoms with Crippen molar-refractivity contribution in [1.29, 1.82) is 0 Å². The summed E-state index contributed by atoms with van der Waals surface area (Å²) in [4.78, 5) is 0.344. The van der Waals surface area contributed by atoms with E-state index < -0.39 is 10.0 Å². The van der Waals surface area contributed by atoms with Gasteiger partial charge in [0.25, 0.3) is 0 Å². The molecule has 1 aromatic rings. The average molecular weight is 317 g/mol. The normalized spacial score (nSPS) is 17.3. The predicted octanol–water partition coefficient (Wildman–Crippen LogP) is 2.62. The first-order valence-corrected chi connectivity index (χ1v) is 8.87. The van der Waals surface area contributed by atoms with Gasteiger partial charge in [-0.1, -0.05) is 24.9 Å². The van der Waals surface area contributed by atoms with E-state index in [0.29, 0.717) is 29.6 Å². The van der Waals surface area contributed by atoms with Crippen LogP contribution >= 0.6 is 11.6 Å². The van der Waals surface area contributed by atoms with Crippen LogP contribution in [0, 0.1) is 0 Å². The van der Waals surface area contributed by atoms with Gasteiger partial charge in [0.1, 0.15) is 0 Å². The van der Waals surface area contributed by atoms with Crippen molar-refractivity contribution in [2.75, 3.05) is 19.6 Å². The van der Waals surface area contributed by atoms with Gasteiger partial charge in [0.2, 0.25) is 10.0 Å². The molecule has 1 aromatic carbocycles. The summed E-state index contributed by atoms with van der Waals surface area (Å²) in [7, 11) is -3.38. The summed E-state index contributed by atoms with van der Waals surface area (Å²) in [5.41, 5.74) is 0.826. The van der Waals surface area contributed by atoms with Crippen LogP contribution in [0.1, 0.15) is 31.7 Å². The van der Waals surface area contributed by atoms with Crippen LogP contribution < -0.4 is 5.32 Å². The lowest BCUT2D eigenvalue weighted by Crippen LogP contribution is -2.35. The molecular weight excluding hydrogens is 296 g/mol. The molecule has 4 nitrogen and oxygen atoms in total. The number of sulfonamides is 1. The van der Waals surface area contributed by atoms with Crippen molar-refractivity contribution < 1.29 is 8.42 Å². The van der Waals surface area contributed by atoms with Crippen molar-refractivity contribution in [3.8, 4) is 0 Å². The maximum absolute atomic E-state index is 12.6. The fourth-order valence-corrected chi connectivity index (χ4v) is 4.11. The molecule has 0 amide bonds. The van der Waals surface area contributed by atoms with Crippen LogP contribution in [0.3, 0.4) is 0 Å². The highest BCUT2D eigenvalue weighted by Gasteiger charge is 2.26. The van der Waals surface area contributed by atoms with Crippen LogP contribution in [0.25, 0.3) is 0 Å². The molecule has 1 aliphatic rings. The summed E-state index contributed by atoms with van der Waals surface area (Å²) in [5.74, 6) is 0. The predicted molar refractivity (Wildman–Crippen MR) is 81.4 cm³/mol. The zero-order valence-electron chi connectivity index (χ0n) is 11.7. The zero-order chi connectivity index (χ0) is 14.6. The van der Waals surface area contributed by atoms with E-state index in [4.69, 9.17) is 11.6 Å². The molecule has 6 heteroatoms. The maximum atomic E-state index is 12.6. The first kappa shape index (κ1) is 15.8. The first-order chi connectivity index (χ1) is 9.55. The first-order valence-electron chi connectivity index (χ1n) is 7.05. The quantitative estimate of drug-likeness (QED) is 0.908. The Bertz CT molecular complexity index is 554. The van der Waals surface area contributed by atoms with Crippen molar-refractivity contribution in [2.24, 2.45) is 0 Å². The minimum atomic E-state index is -3.38. The highest BCUT2D eigenvalue weighted by atomic mass is 35.5. The average Bonchev–Trinajstić information content (AvgIpc) is 2.47. The molecular formula is C14H21ClN2O2S. The molecule has 112 valence electrons. The molecule has 1 heterocycles. The lowest BCUT2D eigenvalue weighted by Gasteiger charge is -2.26.